The Hall–Kier alpha value is -0.0800. The standard InChI is InChI=1S/C13H26O2/c1-2-3-4-5-6-7-8-9-10-12(14)13-11-15-13/h12-14H,2-11H2,1H3/t12-,13+/m1/s1. The van der Waals surface area contributed by atoms with E-state index in [9.17, 15) is 5.11 Å². The number of hydrogen-bond donors (Lipinski definition) is 1. The molecule has 15 heavy (non-hydrogen) atoms. The highest BCUT2D eigenvalue weighted by Gasteiger charge is 2.30. The number of hydrogen-bond acceptors (Lipinski definition) is 2. The fourth-order valence-corrected chi connectivity index (χ4v) is 1.95. The second kappa shape index (κ2) is 8.12. The zero-order valence-corrected chi connectivity index (χ0v) is 10.1. The first-order valence-electron chi connectivity index (χ1n) is 6.64. The van der Waals surface area contributed by atoms with Gasteiger partial charge in [-0.05, 0) is 6.42 Å². The van der Waals surface area contributed by atoms with Crippen LogP contribution >= 0.6 is 0 Å². The van der Waals surface area contributed by atoms with Gasteiger partial charge in [0.2, 0.25) is 0 Å². The SMILES string of the molecule is CCCCCCCCCC[C@@H](O)[C@@H]1CO1. The summed E-state index contributed by atoms with van der Waals surface area (Å²) >= 11 is 0. The van der Waals surface area contributed by atoms with Crippen molar-refractivity contribution in [3.8, 4) is 0 Å². The highest BCUT2D eigenvalue weighted by atomic mass is 16.6. The van der Waals surface area contributed by atoms with Crippen LogP contribution in [0.15, 0.2) is 0 Å². The minimum absolute atomic E-state index is 0.176. The Bertz CT molecular complexity index is 143. The number of aliphatic hydroxyl groups excluding tert-OH is 1. The molecule has 90 valence electrons. The van der Waals surface area contributed by atoms with E-state index in [1.807, 2.05) is 0 Å². The van der Waals surface area contributed by atoms with Gasteiger partial charge >= 0.3 is 0 Å². The molecule has 0 aliphatic carbocycles. The lowest BCUT2D eigenvalue weighted by atomic mass is 10.0. The van der Waals surface area contributed by atoms with Crippen molar-refractivity contribution in [2.75, 3.05) is 6.61 Å². The quantitative estimate of drug-likeness (QED) is 0.447. The van der Waals surface area contributed by atoms with E-state index in [0.29, 0.717) is 0 Å². The first-order chi connectivity index (χ1) is 7.34. The average molecular weight is 214 g/mol. The van der Waals surface area contributed by atoms with Gasteiger partial charge in [-0.1, -0.05) is 58.3 Å². The van der Waals surface area contributed by atoms with Crippen LogP contribution in [0.3, 0.4) is 0 Å². The first kappa shape index (κ1) is 13.0. The largest absolute Gasteiger partial charge is 0.390 e. The number of rotatable bonds is 10. The van der Waals surface area contributed by atoms with Gasteiger partial charge in [0.05, 0.1) is 12.7 Å². The lowest BCUT2D eigenvalue weighted by Crippen LogP contribution is -2.13. The lowest BCUT2D eigenvalue weighted by Gasteiger charge is -2.06. The molecule has 0 spiro atoms. The molecule has 2 nitrogen and oxygen atoms in total. The van der Waals surface area contributed by atoms with Gasteiger partial charge in [-0.3, -0.25) is 0 Å². The summed E-state index contributed by atoms with van der Waals surface area (Å²) in [4.78, 5) is 0. The van der Waals surface area contributed by atoms with E-state index >= 15 is 0 Å². The molecule has 1 aliphatic rings. The van der Waals surface area contributed by atoms with E-state index in [4.69, 9.17) is 4.74 Å². The van der Waals surface area contributed by atoms with Crippen LogP contribution in [0.5, 0.6) is 0 Å². The molecule has 1 aliphatic heterocycles. The normalized spacial score (nSPS) is 21.6. The minimum atomic E-state index is -0.190. The molecular weight excluding hydrogens is 188 g/mol. The van der Waals surface area contributed by atoms with Crippen molar-refractivity contribution in [3.63, 3.8) is 0 Å². The molecule has 1 heterocycles. The maximum absolute atomic E-state index is 9.54. The monoisotopic (exact) mass is 214 g/mol. The Labute approximate surface area is 94.0 Å². The molecule has 0 unspecified atom stereocenters. The van der Waals surface area contributed by atoms with Crippen molar-refractivity contribution in [2.24, 2.45) is 0 Å². The van der Waals surface area contributed by atoms with Gasteiger partial charge in [-0.25, -0.2) is 0 Å². The van der Waals surface area contributed by atoms with Gasteiger partial charge in [0.25, 0.3) is 0 Å². The van der Waals surface area contributed by atoms with Crippen LogP contribution < -0.4 is 0 Å². The number of aliphatic hydroxyl groups is 1. The van der Waals surface area contributed by atoms with Gasteiger partial charge in [-0.15, -0.1) is 0 Å². The van der Waals surface area contributed by atoms with Crippen LogP contribution in [0.4, 0.5) is 0 Å². The summed E-state index contributed by atoms with van der Waals surface area (Å²) in [6.07, 6.45) is 11.6. The molecule has 0 saturated carbocycles. The van der Waals surface area contributed by atoms with Crippen molar-refractivity contribution in [1.82, 2.24) is 0 Å². The fourth-order valence-electron chi connectivity index (χ4n) is 1.95. The second-order valence-corrected chi connectivity index (χ2v) is 4.70. The van der Waals surface area contributed by atoms with Gasteiger partial charge in [0, 0.05) is 0 Å². The van der Waals surface area contributed by atoms with Crippen LogP contribution in [0.1, 0.15) is 64.7 Å². The molecule has 0 radical (unpaired) electrons. The fraction of sp³-hybridized carbons (Fsp3) is 1.00. The summed E-state index contributed by atoms with van der Waals surface area (Å²) in [6, 6.07) is 0. The van der Waals surface area contributed by atoms with Crippen LogP contribution in [-0.2, 0) is 4.74 Å². The van der Waals surface area contributed by atoms with Crippen molar-refractivity contribution < 1.29 is 9.84 Å². The van der Waals surface area contributed by atoms with Crippen LogP contribution in [-0.4, -0.2) is 23.9 Å². The van der Waals surface area contributed by atoms with E-state index in [1.165, 1.54) is 44.9 Å². The summed E-state index contributed by atoms with van der Waals surface area (Å²) in [5.41, 5.74) is 0. The van der Waals surface area contributed by atoms with Crippen LogP contribution in [0, 0.1) is 0 Å². The molecule has 1 rings (SSSR count). The summed E-state index contributed by atoms with van der Waals surface area (Å²) in [7, 11) is 0. The Morgan fingerprint density at radius 2 is 1.60 bits per heavy atom. The van der Waals surface area contributed by atoms with Crippen molar-refractivity contribution in [2.45, 2.75) is 76.9 Å². The third-order valence-electron chi connectivity index (χ3n) is 3.14. The molecule has 1 saturated heterocycles. The Morgan fingerprint density at radius 1 is 1.07 bits per heavy atom. The molecule has 1 fully saturated rings. The molecule has 0 aromatic rings. The van der Waals surface area contributed by atoms with Crippen molar-refractivity contribution in [3.05, 3.63) is 0 Å². The summed E-state index contributed by atoms with van der Waals surface area (Å²) in [5, 5.41) is 9.54. The average Bonchev–Trinajstić information content (AvgIpc) is 3.05. The Kier molecular flexibility index (Phi) is 7.03. The lowest BCUT2D eigenvalue weighted by molar-refractivity contribution is 0.123. The predicted octanol–water partition coefficient (Wildman–Crippen LogP) is 3.28. The minimum Gasteiger partial charge on any atom is -0.390 e. The molecule has 2 heteroatoms. The summed E-state index contributed by atoms with van der Waals surface area (Å²) in [5.74, 6) is 0. The van der Waals surface area contributed by atoms with E-state index in [0.717, 1.165) is 19.4 Å². The molecule has 0 amide bonds. The van der Waals surface area contributed by atoms with E-state index in [2.05, 4.69) is 6.92 Å². The summed E-state index contributed by atoms with van der Waals surface area (Å²) in [6.45, 7) is 3.03. The topological polar surface area (TPSA) is 32.8 Å². The zero-order valence-electron chi connectivity index (χ0n) is 10.1. The second-order valence-electron chi connectivity index (χ2n) is 4.70. The third-order valence-corrected chi connectivity index (χ3v) is 3.14. The highest BCUT2D eigenvalue weighted by Crippen LogP contribution is 2.19. The van der Waals surface area contributed by atoms with E-state index < -0.39 is 0 Å². The van der Waals surface area contributed by atoms with Crippen molar-refractivity contribution in [1.29, 1.82) is 0 Å². The van der Waals surface area contributed by atoms with E-state index in [-0.39, 0.29) is 12.2 Å². The predicted molar refractivity (Wildman–Crippen MR) is 63.0 cm³/mol. The van der Waals surface area contributed by atoms with Crippen molar-refractivity contribution >= 4 is 0 Å². The Morgan fingerprint density at radius 3 is 2.13 bits per heavy atom. The molecular formula is C13H26O2. The van der Waals surface area contributed by atoms with Crippen LogP contribution in [0.25, 0.3) is 0 Å². The zero-order chi connectivity index (χ0) is 10.9. The molecule has 2 atom stereocenters. The molecule has 0 aromatic carbocycles. The maximum Gasteiger partial charge on any atom is 0.107 e. The molecule has 0 bridgehead atoms. The maximum atomic E-state index is 9.54. The third kappa shape index (κ3) is 6.91. The van der Waals surface area contributed by atoms with Gasteiger partial charge < -0.3 is 9.84 Å². The number of epoxide rings is 1. The smallest absolute Gasteiger partial charge is 0.107 e. The van der Waals surface area contributed by atoms with E-state index in [1.54, 1.807) is 0 Å². The number of unbranched alkanes of at least 4 members (excludes halogenated alkanes) is 7. The number of ether oxygens (including phenoxy) is 1. The Balaban J connectivity index is 1.72. The highest BCUT2D eigenvalue weighted by molar-refractivity contribution is 4.77. The van der Waals surface area contributed by atoms with Gasteiger partial charge in [0.15, 0.2) is 0 Å². The van der Waals surface area contributed by atoms with Gasteiger partial charge in [-0.2, -0.15) is 0 Å². The molecule has 1 N–H and O–H groups in total. The first-order valence-corrected chi connectivity index (χ1v) is 6.64. The van der Waals surface area contributed by atoms with Crippen LogP contribution in [0.2, 0.25) is 0 Å². The molecule has 0 aromatic heterocycles. The summed E-state index contributed by atoms with van der Waals surface area (Å²) < 4.78 is 5.04. The van der Waals surface area contributed by atoms with Gasteiger partial charge in [0.1, 0.15) is 6.10 Å².